The minimum Gasteiger partial charge on any atom is -0.394 e. The van der Waals surface area contributed by atoms with Crippen LogP contribution in [0.3, 0.4) is 0 Å². The molecule has 0 amide bonds. The lowest BCUT2D eigenvalue weighted by molar-refractivity contribution is -0.0936. The SMILES string of the molecule is OC[C@@H](O)[C@@H]1[C@@H](OCc2ccccc2)[C@H](OCc2ccccc2)CN1Cc1ccccc1. The van der Waals surface area contributed by atoms with Crippen LogP contribution in [0.5, 0.6) is 0 Å². The number of aliphatic hydroxyl groups excluding tert-OH is 2. The van der Waals surface area contributed by atoms with Crippen molar-refractivity contribution in [3.8, 4) is 0 Å². The molecule has 0 aromatic heterocycles. The monoisotopic (exact) mass is 433 g/mol. The Labute approximate surface area is 189 Å². The van der Waals surface area contributed by atoms with Crippen LogP contribution in [-0.2, 0) is 29.2 Å². The Bertz CT molecular complexity index is 922. The van der Waals surface area contributed by atoms with Gasteiger partial charge in [-0.05, 0) is 16.7 Å². The third kappa shape index (κ3) is 5.82. The number of likely N-dealkylation sites (tertiary alicyclic amines) is 1. The van der Waals surface area contributed by atoms with Crippen molar-refractivity contribution in [2.24, 2.45) is 0 Å². The second kappa shape index (κ2) is 11.4. The summed E-state index contributed by atoms with van der Waals surface area (Å²) in [5.41, 5.74) is 3.30. The second-order valence-electron chi connectivity index (χ2n) is 8.25. The van der Waals surface area contributed by atoms with E-state index in [1.807, 2.05) is 78.9 Å². The van der Waals surface area contributed by atoms with Crippen LogP contribution in [0.2, 0.25) is 0 Å². The molecule has 5 nitrogen and oxygen atoms in total. The lowest BCUT2D eigenvalue weighted by atomic mass is 10.0. The van der Waals surface area contributed by atoms with Crippen LogP contribution in [0, 0.1) is 0 Å². The minimum absolute atomic E-state index is 0.228. The van der Waals surface area contributed by atoms with Gasteiger partial charge >= 0.3 is 0 Å². The third-order valence-electron chi connectivity index (χ3n) is 5.94. The zero-order valence-corrected chi connectivity index (χ0v) is 18.2. The minimum atomic E-state index is -0.926. The maximum absolute atomic E-state index is 10.7. The van der Waals surface area contributed by atoms with Crippen molar-refractivity contribution in [2.75, 3.05) is 13.2 Å². The van der Waals surface area contributed by atoms with Crippen LogP contribution in [0.25, 0.3) is 0 Å². The van der Waals surface area contributed by atoms with Gasteiger partial charge in [0, 0.05) is 13.1 Å². The summed E-state index contributed by atoms with van der Waals surface area (Å²) in [7, 11) is 0. The van der Waals surface area contributed by atoms with E-state index < -0.39 is 6.10 Å². The lowest BCUT2D eigenvalue weighted by Gasteiger charge is -2.31. The molecule has 0 spiro atoms. The van der Waals surface area contributed by atoms with E-state index in [4.69, 9.17) is 9.47 Å². The highest BCUT2D eigenvalue weighted by molar-refractivity contribution is 5.17. The van der Waals surface area contributed by atoms with E-state index in [9.17, 15) is 10.2 Å². The first-order valence-corrected chi connectivity index (χ1v) is 11.1. The molecule has 0 unspecified atom stereocenters. The van der Waals surface area contributed by atoms with Gasteiger partial charge in [0.25, 0.3) is 0 Å². The van der Waals surface area contributed by atoms with Crippen molar-refractivity contribution < 1.29 is 19.7 Å². The van der Waals surface area contributed by atoms with Crippen molar-refractivity contribution >= 4 is 0 Å². The van der Waals surface area contributed by atoms with Gasteiger partial charge in [0.15, 0.2) is 0 Å². The molecule has 3 aromatic carbocycles. The fraction of sp³-hybridized carbons (Fsp3) is 0.333. The number of ether oxygens (including phenoxy) is 2. The van der Waals surface area contributed by atoms with Gasteiger partial charge in [-0.15, -0.1) is 0 Å². The standard InChI is InChI=1S/C27H31NO4/c29-18-24(30)26-27(32-20-23-14-8-3-9-15-23)25(31-19-22-12-6-2-7-13-22)17-28(26)16-21-10-4-1-5-11-21/h1-15,24-27,29-30H,16-20H2/t24-,25-,26-,27+/m1/s1. The fourth-order valence-electron chi connectivity index (χ4n) is 4.34. The maximum Gasteiger partial charge on any atom is 0.103 e. The molecule has 3 aromatic rings. The summed E-state index contributed by atoms with van der Waals surface area (Å²) in [5, 5.41) is 20.6. The van der Waals surface area contributed by atoms with Crippen LogP contribution >= 0.6 is 0 Å². The molecule has 2 N–H and O–H groups in total. The zero-order chi connectivity index (χ0) is 22.2. The lowest BCUT2D eigenvalue weighted by Crippen LogP contribution is -2.48. The van der Waals surface area contributed by atoms with E-state index in [1.54, 1.807) is 0 Å². The Hall–Kier alpha value is -2.54. The molecule has 1 aliphatic rings. The number of rotatable bonds is 10. The van der Waals surface area contributed by atoms with E-state index in [-0.39, 0.29) is 24.9 Å². The van der Waals surface area contributed by atoms with Crippen LogP contribution in [0.4, 0.5) is 0 Å². The van der Waals surface area contributed by atoms with Crippen LogP contribution in [0.15, 0.2) is 91.0 Å². The van der Waals surface area contributed by atoms with E-state index in [0.717, 1.165) is 16.7 Å². The summed E-state index contributed by atoms with van der Waals surface area (Å²) in [6, 6.07) is 29.8. The van der Waals surface area contributed by atoms with Crippen LogP contribution in [-0.4, -0.2) is 52.6 Å². The summed E-state index contributed by atoms with van der Waals surface area (Å²) in [6.07, 6.45) is -1.52. The molecule has 4 atom stereocenters. The topological polar surface area (TPSA) is 62.2 Å². The average molecular weight is 434 g/mol. The zero-order valence-electron chi connectivity index (χ0n) is 18.2. The molecule has 0 aliphatic carbocycles. The van der Waals surface area contributed by atoms with Gasteiger partial charge in [-0.25, -0.2) is 0 Å². The van der Waals surface area contributed by atoms with E-state index in [0.29, 0.717) is 26.3 Å². The largest absolute Gasteiger partial charge is 0.394 e. The third-order valence-corrected chi connectivity index (χ3v) is 5.94. The van der Waals surface area contributed by atoms with Crippen molar-refractivity contribution in [1.29, 1.82) is 0 Å². The molecule has 0 radical (unpaired) electrons. The Morgan fingerprint density at radius 2 is 1.25 bits per heavy atom. The normalized spacial score (nSPS) is 22.1. The Morgan fingerprint density at radius 1 is 0.750 bits per heavy atom. The molecule has 168 valence electrons. The molecule has 1 saturated heterocycles. The van der Waals surface area contributed by atoms with E-state index >= 15 is 0 Å². The molecule has 1 fully saturated rings. The molecule has 0 bridgehead atoms. The number of hydrogen-bond acceptors (Lipinski definition) is 5. The van der Waals surface area contributed by atoms with Gasteiger partial charge in [-0.2, -0.15) is 0 Å². The molecular weight excluding hydrogens is 402 g/mol. The van der Waals surface area contributed by atoms with E-state index in [2.05, 4.69) is 17.0 Å². The quantitative estimate of drug-likeness (QED) is 0.513. The highest BCUT2D eigenvalue weighted by atomic mass is 16.5. The van der Waals surface area contributed by atoms with Gasteiger partial charge in [0.1, 0.15) is 6.10 Å². The van der Waals surface area contributed by atoms with Gasteiger partial charge in [0.2, 0.25) is 0 Å². The summed E-state index contributed by atoms with van der Waals surface area (Å²) < 4.78 is 12.7. The fourth-order valence-corrected chi connectivity index (χ4v) is 4.34. The Kier molecular flexibility index (Phi) is 8.04. The van der Waals surface area contributed by atoms with Crippen molar-refractivity contribution in [3.63, 3.8) is 0 Å². The summed E-state index contributed by atoms with van der Waals surface area (Å²) in [4.78, 5) is 2.17. The van der Waals surface area contributed by atoms with Crippen molar-refractivity contribution in [3.05, 3.63) is 108 Å². The molecule has 1 aliphatic heterocycles. The highest BCUT2D eigenvalue weighted by Gasteiger charge is 2.46. The van der Waals surface area contributed by atoms with Crippen LogP contribution in [0.1, 0.15) is 16.7 Å². The Morgan fingerprint density at radius 3 is 1.78 bits per heavy atom. The van der Waals surface area contributed by atoms with Gasteiger partial charge in [0.05, 0.1) is 38.1 Å². The van der Waals surface area contributed by atoms with Gasteiger partial charge < -0.3 is 19.7 Å². The summed E-state index contributed by atoms with van der Waals surface area (Å²) >= 11 is 0. The predicted octanol–water partition coefficient (Wildman–Crippen LogP) is 3.39. The van der Waals surface area contributed by atoms with E-state index in [1.165, 1.54) is 0 Å². The average Bonchev–Trinajstić information content (AvgIpc) is 3.19. The first-order valence-electron chi connectivity index (χ1n) is 11.1. The Balaban J connectivity index is 1.54. The van der Waals surface area contributed by atoms with Crippen LogP contribution < -0.4 is 0 Å². The summed E-state index contributed by atoms with van der Waals surface area (Å²) in [5.74, 6) is 0. The van der Waals surface area contributed by atoms with Crippen molar-refractivity contribution in [1.82, 2.24) is 4.90 Å². The molecule has 0 saturated carbocycles. The first kappa shape index (κ1) is 22.6. The smallest absolute Gasteiger partial charge is 0.103 e. The van der Waals surface area contributed by atoms with Gasteiger partial charge in [-0.1, -0.05) is 91.0 Å². The molecule has 32 heavy (non-hydrogen) atoms. The number of nitrogens with zero attached hydrogens (tertiary/aromatic N) is 1. The highest BCUT2D eigenvalue weighted by Crippen LogP contribution is 2.29. The molecule has 1 heterocycles. The maximum atomic E-state index is 10.7. The van der Waals surface area contributed by atoms with Crippen molar-refractivity contribution in [2.45, 2.75) is 44.1 Å². The molecule has 4 rings (SSSR count). The molecular formula is C27H31NO4. The first-order chi connectivity index (χ1) is 15.7. The second-order valence-corrected chi connectivity index (χ2v) is 8.25. The summed E-state index contributed by atoms with van der Waals surface area (Å²) in [6.45, 7) is 1.83. The predicted molar refractivity (Wildman–Crippen MR) is 124 cm³/mol. The van der Waals surface area contributed by atoms with Gasteiger partial charge in [-0.3, -0.25) is 4.90 Å². The number of hydrogen-bond donors (Lipinski definition) is 2. The number of benzene rings is 3. The number of aliphatic hydroxyl groups is 2. The molecule has 5 heteroatoms.